The monoisotopic (exact) mass is 599 g/mol. The lowest BCUT2D eigenvalue weighted by molar-refractivity contribution is 0.0385. The first-order valence-corrected chi connectivity index (χ1v) is 14.4. The summed E-state index contributed by atoms with van der Waals surface area (Å²) in [6.07, 6.45) is 1.57. The van der Waals surface area contributed by atoms with Crippen LogP contribution in [-0.2, 0) is 0 Å². The van der Waals surface area contributed by atoms with Crippen molar-refractivity contribution in [2.45, 2.75) is 12.6 Å². The fourth-order valence-electron chi connectivity index (χ4n) is 5.18. The molecule has 7 rings (SSSR count). The summed E-state index contributed by atoms with van der Waals surface area (Å²) in [6, 6.07) is 18.1. The first kappa shape index (κ1) is 26.9. The molecule has 1 aliphatic heterocycles. The highest BCUT2D eigenvalue weighted by Crippen LogP contribution is 2.30. The van der Waals surface area contributed by atoms with Gasteiger partial charge in [-0.2, -0.15) is 8.78 Å². The van der Waals surface area contributed by atoms with Gasteiger partial charge in [-0.1, -0.05) is 35.1 Å². The van der Waals surface area contributed by atoms with Gasteiger partial charge in [0.05, 0.1) is 17.2 Å². The number of amides is 1. The number of piperazine rings is 1. The summed E-state index contributed by atoms with van der Waals surface area (Å²) < 4.78 is 32.3. The van der Waals surface area contributed by atoms with Crippen LogP contribution in [0.3, 0.4) is 0 Å². The molecule has 1 amide bonds. The van der Waals surface area contributed by atoms with Crippen LogP contribution >= 0.6 is 11.3 Å². The number of alkyl halides is 2. The Balaban J connectivity index is 1.08. The lowest BCUT2D eigenvalue weighted by atomic mass is 10.0. The van der Waals surface area contributed by atoms with Gasteiger partial charge in [0.2, 0.25) is 5.89 Å². The minimum absolute atomic E-state index is 0.178. The van der Waals surface area contributed by atoms with E-state index in [1.54, 1.807) is 28.7 Å². The van der Waals surface area contributed by atoms with Gasteiger partial charge in [-0.25, -0.2) is 9.97 Å². The number of aromatic nitrogens is 7. The number of fused-ring (bicyclic) bond motifs is 1. The first-order chi connectivity index (χ1) is 21.0. The van der Waals surface area contributed by atoms with E-state index >= 15 is 0 Å². The van der Waals surface area contributed by atoms with Gasteiger partial charge < -0.3 is 9.32 Å². The lowest BCUT2D eigenvalue weighted by Crippen LogP contribution is -2.50. The molecule has 1 unspecified atom stereocenters. The summed E-state index contributed by atoms with van der Waals surface area (Å²) >= 11 is 1.52. The fourth-order valence-corrected chi connectivity index (χ4v) is 5.74. The molecule has 43 heavy (non-hydrogen) atoms. The van der Waals surface area contributed by atoms with E-state index < -0.39 is 12.6 Å². The predicted octanol–water partition coefficient (Wildman–Crippen LogP) is 4.94. The maximum atomic E-state index is 13.5. The summed E-state index contributed by atoms with van der Waals surface area (Å²) in [5.74, 6) is 0.348. The molecule has 0 radical (unpaired) electrons. The van der Waals surface area contributed by atoms with Gasteiger partial charge in [-0.05, 0) is 41.1 Å². The van der Waals surface area contributed by atoms with E-state index in [1.165, 1.54) is 11.3 Å². The van der Waals surface area contributed by atoms with Crippen molar-refractivity contribution in [3.63, 3.8) is 0 Å². The van der Waals surface area contributed by atoms with E-state index in [-0.39, 0.29) is 17.4 Å². The molecule has 2 aromatic carbocycles. The van der Waals surface area contributed by atoms with Gasteiger partial charge >= 0.3 is 6.55 Å². The second kappa shape index (κ2) is 11.4. The van der Waals surface area contributed by atoms with Gasteiger partial charge in [0.15, 0.2) is 11.4 Å². The van der Waals surface area contributed by atoms with Crippen molar-refractivity contribution in [1.82, 2.24) is 45.0 Å². The predicted molar refractivity (Wildman–Crippen MR) is 153 cm³/mol. The summed E-state index contributed by atoms with van der Waals surface area (Å²) in [5, 5.41) is 13.3. The van der Waals surface area contributed by atoms with E-state index in [0.29, 0.717) is 53.5 Å². The fraction of sp³-hybridized carbons (Fsp3) is 0.207. The average Bonchev–Trinajstić information content (AvgIpc) is 3.83. The van der Waals surface area contributed by atoms with Crippen molar-refractivity contribution in [2.24, 2.45) is 0 Å². The van der Waals surface area contributed by atoms with Gasteiger partial charge in [-0.15, -0.1) is 21.5 Å². The Labute approximate surface area is 247 Å². The Kier molecular flexibility index (Phi) is 7.12. The third-order valence-electron chi connectivity index (χ3n) is 7.29. The zero-order valence-electron chi connectivity index (χ0n) is 22.5. The number of carbonyl (C=O) groups is 1. The van der Waals surface area contributed by atoms with Crippen LogP contribution in [-0.4, -0.2) is 77.0 Å². The Hall–Kier alpha value is -4.95. The van der Waals surface area contributed by atoms with Crippen molar-refractivity contribution in [1.29, 1.82) is 0 Å². The Morgan fingerprint density at radius 2 is 1.79 bits per heavy atom. The molecule has 0 saturated carbocycles. The molecule has 0 bridgehead atoms. The molecule has 0 spiro atoms. The van der Waals surface area contributed by atoms with Crippen molar-refractivity contribution in [3.8, 4) is 22.7 Å². The van der Waals surface area contributed by atoms with E-state index in [1.807, 2.05) is 53.9 Å². The quantitative estimate of drug-likeness (QED) is 0.251. The van der Waals surface area contributed by atoms with Gasteiger partial charge in [-0.3, -0.25) is 14.7 Å². The number of thiazole rings is 1. The molecule has 5 heterocycles. The molecule has 4 aromatic heterocycles. The van der Waals surface area contributed by atoms with Crippen molar-refractivity contribution in [3.05, 3.63) is 94.8 Å². The number of halogens is 2. The molecule has 14 heteroatoms. The zero-order valence-corrected chi connectivity index (χ0v) is 23.3. The minimum Gasteiger partial charge on any atom is -0.436 e. The topological polar surface area (TPSA) is 119 Å². The third kappa shape index (κ3) is 5.37. The van der Waals surface area contributed by atoms with E-state index in [2.05, 4.69) is 35.3 Å². The summed E-state index contributed by atoms with van der Waals surface area (Å²) in [4.78, 5) is 30.9. The van der Waals surface area contributed by atoms with E-state index in [4.69, 9.17) is 4.42 Å². The molecule has 6 aromatic rings. The normalized spacial score (nSPS) is 14.9. The molecule has 1 fully saturated rings. The smallest absolute Gasteiger partial charge is 0.350 e. The SMILES string of the molecule is O=C(c1cc(-c2nc3cc(-c4cscn4)ccc3o2)ccn1)N1CCN(C(c2ccccc2)c2nnn(C(F)F)n2)CC1. The summed E-state index contributed by atoms with van der Waals surface area (Å²) in [5.41, 5.74) is 6.69. The molecular formula is C29H23F2N9O2S. The molecule has 0 N–H and O–H groups in total. The number of rotatable bonds is 7. The van der Waals surface area contributed by atoms with Crippen LogP contribution < -0.4 is 0 Å². The number of hydrogen-bond donors (Lipinski definition) is 0. The lowest BCUT2D eigenvalue weighted by Gasteiger charge is -2.38. The van der Waals surface area contributed by atoms with Crippen LogP contribution in [0.25, 0.3) is 33.8 Å². The number of nitrogens with zero attached hydrogens (tertiary/aromatic N) is 9. The number of benzene rings is 2. The Morgan fingerprint density at radius 3 is 2.53 bits per heavy atom. The van der Waals surface area contributed by atoms with Crippen molar-refractivity contribution < 1.29 is 18.0 Å². The van der Waals surface area contributed by atoms with Crippen LogP contribution in [0.2, 0.25) is 0 Å². The van der Waals surface area contributed by atoms with Crippen LogP contribution in [0.1, 0.15) is 34.5 Å². The summed E-state index contributed by atoms with van der Waals surface area (Å²) in [7, 11) is 0. The van der Waals surface area contributed by atoms with Crippen molar-refractivity contribution in [2.75, 3.05) is 26.2 Å². The number of oxazole rings is 1. The van der Waals surface area contributed by atoms with Gasteiger partial charge in [0.1, 0.15) is 11.2 Å². The minimum atomic E-state index is -2.88. The highest BCUT2D eigenvalue weighted by Gasteiger charge is 2.32. The largest absolute Gasteiger partial charge is 0.436 e. The molecular weight excluding hydrogens is 576 g/mol. The Morgan fingerprint density at radius 1 is 0.953 bits per heavy atom. The molecule has 1 atom stereocenters. The Bertz CT molecular complexity index is 1870. The highest BCUT2D eigenvalue weighted by atomic mass is 32.1. The molecule has 1 saturated heterocycles. The van der Waals surface area contributed by atoms with Crippen LogP contribution in [0.4, 0.5) is 8.78 Å². The zero-order chi connectivity index (χ0) is 29.3. The average molecular weight is 600 g/mol. The highest BCUT2D eigenvalue weighted by molar-refractivity contribution is 7.07. The standard InChI is InChI=1S/C29H23F2N9O2S/c30-29(31)40-36-26(35-37-40)25(18-4-2-1-3-5-18)38-10-12-39(13-11-38)28(41)22-15-20(8-9-32-22)27-34-21-14-19(6-7-24(21)42-27)23-16-43-17-33-23/h1-9,14-17,25,29H,10-13H2. The second-order valence-electron chi connectivity index (χ2n) is 9.89. The number of pyridine rings is 1. The first-order valence-electron chi connectivity index (χ1n) is 13.4. The maximum Gasteiger partial charge on any atom is 0.350 e. The third-order valence-corrected chi connectivity index (χ3v) is 7.87. The van der Waals surface area contributed by atoms with Gasteiger partial charge in [0, 0.05) is 48.9 Å². The molecule has 11 nitrogen and oxygen atoms in total. The maximum absolute atomic E-state index is 13.5. The second-order valence-corrected chi connectivity index (χ2v) is 10.6. The van der Waals surface area contributed by atoms with Crippen LogP contribution in [0.15, 0.2) is 82.2 Å². The number of carbonyl (C=O) groups excluding carboxylic acids is 1. The molecule has 216 valence electrons. The number of hydrogen-bond acceptors (Lipinski definition) is 10. The van der Waals surface area contributed by atoms with Gasteiger partial charge in [0.25, 0.3) is 5.91 Å². The molecule has 1 aliphatic rings. The molecule has 0 aliphatic carbocycles. The summed E-state index contributed by atoms with van der Waals surface area (Å²) in [6.45, 7) is -1.13. The van der Waals surface area contributed by atoms with E-state index in [9.17, 15) is 13.6 Å². The number of tetrazole rings is 1. The van der Waals surface area contributed by atoms with Crippen molar-refractivity contribution >= 4 is 28.3 Å². The van der Waals surface area contributed by atoms with E-state index in [0.717, 1.165) is 16.8 Å². The van der Waals surface area contributed by atoms with Crippen LogP contribution in [0, 0.1) is 0 Å². The van der Waals surface area contributed by atoms with Crippen LogP contribution in [0.5, 0.6) is 0 Å².